The van der Waals surface area contributed by atoms with Crippen LogP contribution in [-0.4, -0.2) is 562 Å². The molecule has 4 saturated heterocycles. The normalized spacial score (nSPS) is 19.2. The first-order chi connectivity index (χ1) is 64.6. The van der Waals surface area contributed by atoms with Gasteiger partial charge in [-0.05, 0) is 27.7 Å². The summed E-state index contributed by atoms with van der Waals surface area (Å²) >= 11 is 0. The number of hydrogen-bond acceptors (Lipinski definition) is 48. The van der Waals surface area contributed by atoms with Gasteiger partial charge in [0.1, 0.15) is 0 Å². The first-order valence-corrected chi connectivity index (χ1v) is 44.8. The molecule has 140 heavy (non-hydrogen) atoms. The summed E-state index contributed by atoms with van der Waals surface area (Å²) < 4.78 is 0. The summed E-state index contributed by atoms with van der Waals surface area (Å²) in [6.45, 7) is -10.0. The van der Waals surface area contributed by atoms with Crippen LogP contribution in [0.5, 0.6) is 0 Å². The van der Waals surface area contributed by atoms with Crippen molar-refractivity contribution < 1.29 is 277 Å². The minimum Gasteiger partial charge on any atom is -0.549 e. The van der Waals surface area contributed by atoms with Gasteiger partial charge >= 0.3 is 120 Å². The van der Waals surface area contributed by atoms with Crippen LogP contribution >= 0.6 is 0 Å². The molecule has 4 heterocycles. The second-order valence-electron chi connectivity index (χ2n) is 34.1. The van der Waals surface area contributed by atoms with Crippen LogP contribution in [0.2, 0.25) is 0 Å². The topological polar surface area (TPSA) is 766 Å². The van der Waals surface area contributed by atoms with Gasteiger partial charge in [0.15, 0.2) is 0 Å². The molecule has 8 N–H and O–H groups in total. The molecule has 4 atom stereocenters. The number of amides is 8. The fraction of sp³-hybridized carbons (Fsp3) is 0.753. The Balaban J connectivity index is 0.0000327. The van der Waals surface area contributed by atoms with Crippen LogP contribution in [0.1, 0.15) is 27.7 Å². The van der Waals surface area contributed by atoms with Gasteiger partial charge in [-0.2, -0.15) is 0 Å². The molecule has 0 aromatic rings. The molecule has 4 rings (SSSR count). The molecule has 3 radical (unpaired) electrons. The third kappa shape index (κ3) is 56.9. The summed E-state index contributed by atoms with van der Waals surface area (Å²) in [5, 5.41) is 163. The number of hydrogen-bond donors (Lipinski definition) is 8. The molecule has 0 bridgehead atoms. The van der Waals surface area contributed by atoms with E-state index in [1.807, 2.05) is 0 Å². The SMILES string of the molecule is CC(C(=O)NCC(=O)NCC(CNC(=O)CNC(=O)C(C)N1CCN(CC(=O)[O-])CCN(CC(=O)[O-])CCN(CC(=O)[O-])CC1)(CNC(=O)CNC(=O)C(C)N1CCN(CC(=O)[O-])CCN(CC(=O)[O-])CCN(CC(=O)[O-])CC1)CNC(=O)CNC(=O)C(C)N1CCN(CC(=O)[O-])CCN(CC(=O)[O-])CCN(CC(=O)[O-])CC1)N1CCN(CC(=O)[O-])CCN(CC(=O)[O-])CCN(CC(=O)[O-])CC1.[Gd+3].[Gd+3].[Gd+3]. The molecule has 0 saturated carbocycles. The molecule has 0 aromatic carbocycles. The van der Waals surface area contributed by atoms with Gasteiger partial charge in [0.25, 0.3) is 0 Å². The third-order valence-corrected chi connectivity index (χ3v) is 23.8. The van der Waals surface area contributed by atoms with Gasteiger partial charge in [0.2, 0.25) is 47.3 Å². The average Bonchev–Trinajstić information content (AvgIpc) is 0.844. The molecule has 4 aliphatic rings. The van der Waals surface area contributed by atoms with Gasteiger partial charge in [0.05, 0.1) is 122 Å². The number of rotatable bonds is 48. The van der Waals surface area contributed by atoms with Crippen molar-refractivity contribution in [3.8, 4) is 0 Å². The van der Waals surface area contributed by atoms with Crippen molar-refractivity contribution >= 4 is 119 Å². The fourth-order valence-electron chi connectivity index (χ4n) is 15.5. The van der Waals surface area contributed by atoms with E-state index in [9.17, 15) is 157 Å². The Morgan fingerprint density at radius 2 is 0.286 bits per heavy atom. The largest absolute Gasteiger partial charge is 3.00 e. The predicted octanol–water partition coefficient (Wildman–Crippen LogP) is -29.7. The van der Waals surface area contributed by atoms with Crippen molar-refractivity contribution in [2.45, 2.75) is 51.9 Å². The molecule has 4 aliphatic heterocycles. The molecule has 0 aromatic heterocycles. The number of carbonyl (C=O) groups is 20. The molecule has 791 valence electrons. The van der Waals surface area contributed by atoms with E-state index in [1.165, 1.54) is 86.5 Å². The summed E-state index contributed by atoms with van der Waals surface area (Å²) in [4.78, 5) is 281. The Morgan fingerprint density at radius 3 is 0.386 bits per heavy atom. The minimum absolute atomic E-state index is 0. The van der Waals surface area contributed by atoms with Crippen LogP contribution in [0.25, 0.3) is 0 Å². The summed E-state index contributed by atoms with van der Waals surface area (Å²) in [6, 6.07) is -4.76. The quantitative estimate of drug-likeness (QED) is 0.0280. The Kier molecular flexibility index (Phi) is 65.8. The maximum atomic E-state index is 14.4. The zero-order valence-corrected chi connectivity index (χ0v) is 85.7. The summed E-state index contributed by atoms with van der Waals surface area (Å²) in [7, 11) is 0. The molecule has 59 heteroatoms. The zero-order chi connectivity index (χ0) is 102. The fourth-order valence-corrected chi connectivity index (χ4v) is 15.5. The number of carbonyl (C=O) groups excluding carboxylic acids is 20. The number of carboxylic acids is 12. The van der Waals surface area contributed by atoms with Crippen molar-refractivity contribution in [3.05, 3.63) is 0 Å². The first kappa shape index (κ1) is 131. The van der Waals surface area contributed by atoms with Crippen molar-refractivity contribution in [1.29, 1.82) is 0 Å². The standard InChI is InChI=1S/C81H140N24O32.3Gd/c1-57(102-29-21-94(45-69(118)119)13-5-90(41-65(110)111)6-14-95(22-30-102)46-70(120)121)77(134)82-37-61(106)86-53-81(54-87-62(107)38-83-78(135)58(2)103-31-23-96(47-71(122)123)15-7-91(42-66(112)113)8-16-97(24-32-103)48-72(124)125,55-88-63(108)39-84-79(136)59(3)104-33-25-98(49-73(126)127)17-9-92(43-67(114)115)10-18-99(26-34-104)50-74(128)129)56-89-64(109)40-85-80(137)60(4)105-35-27-100(51-75(130)131)19-11-93(44-68(116)117)12-20-101(28-36-105)52-76(132)133;;;/h57-60H,5-56H2,1-4H3,(H,82,134)(H,83,135)(H,84,136)(H,85,137)(H,86,106)(H,87,107)(H,88,108)(H,89,109)(H,110,111)(H,112,113)(H,114,115)(H,116,117)(H,118,119)(H,120,121)(H,122,123)(H,124,125)(H,126,127)(H,128,129)(H,130,131)(H,132,133);;;/q;3*+3/p-12. The molecule has 0 aliphatic carbocycles. The predicted molar refractivity (Wildman–Crippen MR) is 448 cm³/mol. The van der Waals surface area contributed by atoms with Gasteiger partial charge in [-0.3, -0.25) is 117 Å². The second kappa shape index (κ2) is 70.5. The van der Waals surface area contributed by atoms with Crippen LogP contribution in [0.15, 0.2) is 0 Å². The monoisotopic (exact) mass is 2420 g/mol. The van der Waals surface area contributed by atoms with E-state index in [-0.39, 0.29) is 329 Å². The van der Waals surface area contributed by atoms with Gasteiger partial charge in [0, 0.05) is 320 Å². The maximum Gasteiger partial charge on any atom is 3.00 e. The Labute approximate surface area is 906 Å². The van der Waals surface area contributed by atoms with E-state index in [2.05, 4.69) is 42.5 Å². The van der Waals surface area contributed by atoms with E-state index in [0.29, 0.717) is 0 Å². The Bertz CT molecular complexity index is 3410. The van der Waals surface area contributed by atoms with Crippen molar-refractivity contribution in [2.75, 3.05) is 340 Å². The molecule has 8 amide bonds. The van der Waals surface area contributed by atoms with E-state index in [4.69, 9.17) is 0 Å². The van der Waals surface area contributed by atoms with Crippen molar-refractivity contribution in [1.82, 2.24) is 121 Å². The summed E-state index contributed by atoms with van der Waals surface area (Å²) in [5.41, 5.74) is -1.93. The summed E-state index contributed by atoms with van der Waals surface area (Å²) in [5.74, 6) is -25.2. The van der Waals surface area contributed by atoms with E-state index < -0.39 is 279 Å². The smallest absolute Gasteiger partial charge is 0.549 e. The average molecular weight is 2420 g/mol. The van der Waals surface area contributed by atoms with Crippen LogP contribution in [-0.2, 0) is 95.9 Å². The van der Waals surface area contributed by atoms with Crippen molar-refractivity contribution in [3.63, 3.8) is 0 Å². The Hall–Kier alpha value is -7.27. The molecule has 4 unspecified atom stereocenters. The van der Waals surface area contributed by atoms with Gasteiger partial charge in [-0.15, -0.1) is 0 Å². The number of aliphatic carboxylic acids is 12. The van der Waals surface area contributed by atoms with E-state index >= 15 is 0 Å². The number of nitrogens with zero attached hydrogens (tertiary/aromatic N) is 16. The minimum atomic E-state index is -1.93. The Morgan fingerprint density at radius 1 is 0.186 bits per heavy atom. The van der Waals surface area contributed by atoms with Gasteiger partial charge in [-0.25, -0.2) is 0 Å². The van der Waals surface area contributed by atoms with Crippen LogP contribution in [0, 0.1) is 125 Å². The van der Waals surface area contributed by atoms with Crippen molar-refractivity contribution in [2.24, 2.45) is 5.41 Å². The molecule has 0 spiro atoms. The number of nitrogens with one attached hydrogen (secondary N) is 8. The van der Waals surface area contributed by atoms with Crippen LogP contribution in [0.3, 0.4) is 0 Å². The maximum absolute atomic E-state index is 14.4. The molecule has 4 fully saturated rings. The zero-order valence-electron chi connectivity index (χ0n) is 78.9. The first-order valence-electron chi connectivity index (χ1n) is 44.8. The van der Waals surface area contributed by atoms with E-state index in [1.54, 1.807) is 19.6 Å². The van der Waals surface area contributed by atoms with Gasteiger partial charge < -0.3 is 161 Å². The molecule has 56 nitrogen and oxygen atoms in total. The molecular weight excluding hydrogens is 2290 g/mol. The number of carboxylic acid groups (broad SMARTS) is 12. The molecular formula is C81H128Gd3N24O32-3. The second-order valence-corrected chi connectivity index (χ2v) is 34.1. The summed E-state index contributed by atoms with van der Waals surface area (Å²) in [6.07, 6.45) is 0. The van der Waals surface area contributed by atoms with Crippen LogP contribution < -0.4 is 104 Å². The van der Waals surface area contributed by atoms with E-state index in [0.717, 1.165) is 0 Å². The van der Waals surface area contributed by atoms with Crippen LogP contribution in [0.4, 0.5) is 0 Å². The van der Waals surface area contributed by atoms with Gasteiger partial charge in [-0.1, -0.05) is 0 Å². The third-order valence-electron chi connectivity index (χ3n) is 23.8.